The van der Waals surface area contributed by atoms with E-state index in [1.54, 1.807) is 0 Å². The Morgan fingerprint density at radius 1 is 1.40 bits per heavy atom. The Morgan fingerprint density at radius 2 is 2.05 bits per heavy atom. The molecule has 2 amide bonds. The van der Waals surface area contributed by atoms with Crippen LogP contribution in [0.3, 0.4) is 0 Å². The van der Waals surface area contributed by atoms with Crippen LogP contribution >= 0.6 is 0 Å². The zero-order valence-electron chi connectivity index (χ0n) is 12.8. The van der Waals surface area contributed by atoms with Gasteiger partial charge in [0.25, 0.3) is 0 Å². The molecule has 6 nitrogen and oxygen atoms in total. The Morgan fingerprint density at radius 3 is 2.50 bits per heavy atom. The predicted molar refractivity (Wildman–Crippen MR) is 75.6 cm³/mol. The number of rotatable bonds is 5. The normalized spacial score (nSPS) is 24.2. The first-order chi connectivity index (χ1) is 9.12. The molecule has 20 heavy (non-hydrogen) atoms. The summed E-state index contributed by atoms with van der Waals surface area (Å²) in [6, 6.07) is -0.764. The van der Waals surface area contributed by atoms with E-state index >= 15 is 0 Å². The fourth-order valence-corrected chi connectivity index (χ4v) is 2.20. The number of hydrogen-bond donors (Lipinski definition) is 3. The summed E-state index contributed by atoms with van der Waals surface area (Å²) in [5.41, 5.74) is -0.620. The van der Waals surface area contributed by atoms with E-state index < -0.39 is 12.0 Å². The monoisotopic (exact) mass is 286 g/mol. The quantitative estimate of drug-likeness (QED) is 0.718. The summed E-state index contributed by atoms with van der Waals surface area (Å²) in [5.74, 6) is -0.920. The van der Waals surface area contributed by atoms with Crippen LogP contribution in [0.25, 0.3) is 0 Å². The van der Waals surface area contributed by atoms with Crippen molar-refractivity contribution >= 4 is 12.0 Å². The Hall–Kier alpha value is -1.30. The first-order valence-corrected chi connectivity index (χ1v) is 7.02. The average Bonchev–Trinajstić information content (AvgIpc) is 2.72. The van der Waals surface area contributed by atoms with Crippen molar-refractivity contribution in [2.45, 2.75) is 58.6 Å². The molecule has 0 bridgehead atoms. The van der Waals surface area contributed by atoms with E-state index in [2.05, 4.69) is 10.6 Å². The lowest BCUT2D eigenvalue weighted by Crippen LogP contribution is -2.51. The fraction of sp³-hybridized carbons (Fsp3) is 0.857. The third kappa shape index (κ3) is 5.36. The molecule has 0 aliphatic carbocycles. The molecule has 0 spiro atoms. The van der Waals surface area contributed by atoms with Crippen molar-refractivity contribution in [1.29, 1.82) is 0 Å². The number of ether oxygens (including phenoxy) is 1. The molecule has 0 aromatic heterocycles. The van der Waals surface area contributed by atoms with Gasteiger partial charge in [-0.1, -0.05) is 20.8 Å². The van der Waals surface area contributed by atoms with Gasteiger partial charge in [-0.15, -0.1) is 0 Å². The Bertz CT molecular complexity index is 357. The number of amides is 2. The van der Waals surface area contributed by atoms with Crippen LogP contribution in [0.2, 0.25) is 0 Å². The Labute approximate surface area is 120 Å². The molecule has 1 heterocycles. The molecule has 116 valence electrons. The Balaban J connectivity index is 2.47. The van der Waals surface area contributed by atoms with Crippen molar-refractivity contribution in [2.75, 3.05) is 13.2 Å². The lowest BCUT2D eigenvalue weighted by atomic mass is 9.85. The van der Waals surface area contributed by atoms with E-state index in [0.29, 0.717) is 6.54 Å². The van der Waals surface area contributed by atoms with Crippen LogP contribution in [0, 0.1) is 5.41 Å². The van der Waals surface area contributed by atoms with Gasteiger partial charge >= 0.3 is 12.0 Å². The van der Waals surface area contributed by atoms with Gasteiger partial charge < -0.3 is 20.5 Å². The van der Waals surface area contributed by atoms with Gasteiger partial charge in [-0.2, -0.15) is 0 Å². The highest BCUT2D eigenvalue weighted by atomic mass is 16.5. The third-order valence-electron chi connectivity index (χ3n) is 3.65. The second-order valence-electron chi connectivity index (χ2n) is 6.75. The van der Waals surface area contributed by atoms with Gasteiger partial charge in [0, 0.05) is 19.2 Å². The minimum Gasteiger partial charge on any atom is -0.481 e. The van der Waals surface area contributed by atoms with Crippen LogP contribution in [0.4, 0.5) is 4.79 Å². The van der Waals surface area contributed by atoms with Gasteiger partial charge in [0.15, 0.2) is 0 Å². The molecule has 2 unspecified atom stereocenters. The maximum absolute atomic E-state index is 11.9. The highest BCUT2D eigenvalue weighted by Crippen LogP contribution is 2.24. The van der Waals surface area contributed by atoms with Crippen LogP contribution in [0.1, 0.15) is 47.0 Å². The second-order valence-corrected chi connectivity index (χ2v) is 6.75. The zero-order valence-corrected chi connectivity index (χ0v) is 12.8. The number of nitrogens with one attached hydrogen (secondary N) is 2. The van der Waals surface area contributed by atoms with Crippen molar-refractivity contribution < 1.29 is 19.4 Å². The van der Waals surface area contributed by atoms with Crippen LogP contribution < -0.4 is 10.6 Å². The van der Waals surface area contributed by atoms with E-state index in [1.807, 2.05) is 27.7 Å². The number of hydrogen-bond acceptors (Lipinski definition) is 3. The number of carboxylic acid groups (broad SMARTS) is 1. The molecule has 0 aromatic rings. The molecule has 1 saturated heterocycles. The van der Waals surface area contributed by atoms with Gasteiger partial charge in [-0.3, -0.25) is 4.79 Å². The van der Waals surface area contributed by atoms with Gasteiger partial charge in [-0.05, 0) is 25.2 Å². The van der Waals surface area contributed by atoms with Crippen molar-refractivity contribution in [1.82, 2.24) is 10.6 Å². The molecule has 1 fully saturated rings. The van der Waals surface area contributed by atoms with Crippen molar-refractivity contribution in [3.8, 4) is 0 Å². The maximum Gasteiger partial charge on any atom is 0.315 e. The zero-order chi connectivity index (χ0) is 15.4. The van der Waals surface area contributed by atoms with Crippen LogP contribution in [-0.4, -0.2) is 41.9 Å². The van der Waals surface area contributed by atoms with Gasteiger partial charge in [0.2, 0.25) is 0 Å². The van der Waals surface area contributed by atoms with E-state index in [1.165, 1.54) is 0 Å². The molecule has 2 atom stereocenters. The largest absolute Gasteiger partial charge is 0.481 e. The average molecular weight is 286 g/mol. The minimum absolute atomic E-state index is 0.0926. The van der Waals surface area contributed by atoms with E-state index in [0.717, 1.165) is 19.4 Å². The minimum atomic E-state index is -0.920. The summed E-state index contributed by atoms with van der Waals surface area (Å²) in [7, 11) is 0. The standard InChI is InChI=1S/C14H26N2O4/c1-13(2,3)10(8-11(17)18)16-12(19)15-9-14(4)6-5-7-20-14/h10H,5-9H2,1-4H3,(H,17,18)(H2,15,16,19). The van der Waals surface area contributed by atoms with Gasteiger partial charge in [-0.25, -0.2) is 4.79 Å². The predicted octanol–water partition coefficient (Wildman–Crippen LogP) is 1.74. The summed E-state index contributed by atoms with van der Waals surface area (Å²) in [4.78, 5) is 22.8. The summed E-state index contributed by atoms with van der Waals surface area (Å²) in [6.45, 7) is 8.85. The van der Waals surface area contributed by atoms with E-state index in [-0.39, 0.29) is 23.5 Å². The molecule has 3 N–H and O–H groups in total. The summed E-state index contributed by atoms with van der Waals surface area (Å²) in [5, 5.41) is 14.4. The number of carboxylic acids is 1. The molecule has 0 radical (unpaired) electrons. The molecule has 1 rings (SSSR count). The smallest absolute Gasteiger partial charge is 0.315 e. The molecular formula is C14H26N2O4. The van der Waals surface area contributed by atoms with Crippen molar-refractivity contribution in [2.24, 2.45) is 5.41 Å². The molecule has 0 aromatic carbocycles. The molecule has 0 saturated carbocycles. The highest BCUT2D eigenvalue weighted by molar-refractivity contribution is 5.76. The number of aliphatic carboxylic acids is 1. The molecule has 6 heteroatoms. The van der Waals surface area contributed by atoms with Crippen LogP contribution in [-0.2, 0) is 9.53 Å². The second kappa shape index (κ2) is 6.43. The lowest BCUT2D eigenvalue weighted by molar-refractivity contribution is -0.138. The summed E-state index contributed by atoms with van der Waals surface area (Å²) in [6.07, 6.45) is 1.83. The Kier molecular flexibility index (Phi) is 5.39. The SMILES string of the molecule is CC1(CNC(=O)NC(CC(=O)O)C(C)(C)C)CCCO1. The van der Waals surface area contributed by atoms with Crippen molar-refractivity contribution in [3.63, 3.8) is 0 Å². The topological polar surface area (TPSA) is 87.7 Å². The highest BCUT2D eigenvalue weighted by Gasteiger charge is 2.32. The first-order valence-electron chi connectivity index (χ1n) is 7.02. The number of urea groups is 1. The molecule has 1 aliphatic heterocycles. The maximum atomic E-state index is 11.9. The fourth-order valence-electron chi connectivity index (χ4n) is 2.20. The van der Waals surface area contributed by atoms with E-state index in [4.69, 9.17) is 9.84 Å². The first kappa shape index (κ1) is 16.8. The number of carbonyl (C=O) groups is 2. The summed E-state index contributed by atoms with van der Waals surface area (Å²) < 4.78 is 5.59. The van der Waals surface area contributed by atoms with Crippen LogP contribution in [0.15, 0.2) is 0 Å². The number of carbonyl (C=O) groups excluding carboxylic acids is 1. The van der Waals surface area contributed by atoms with Crippen LogP contribution in [0.5, 0.6) is 0 Å². The van der Waals surface area contributed by atoms with E-state index in [9.17, 15) is 9.59 Å². The summed E-state index contributed by atoms with van der Waals surface area (Å²) >= 11 is 0. The molecular weight excluding hydrogens is 260 g/mol. The van der Waals surface area contributed by atoms with Gasteiger partial charge in [0.1, 0.15) is 0 Å². The molecule has 1 aliphatic rings. The lowest BCUT2D eigenvalue weighted by Gasteiger charge is -2.31. The third-order valence-corrected chi connectivity index (χ3v) is 3.65. The van der Waals surface area contributed by atoms with Crippen molar-refractivity contribution in [3.05, 3.63) is 0 Å². The van der Waals surface area contributed by atoms with Gasteiger partial charge in [0.05, 0.1) is 12.0 Å².